The average molecular weight is 220 g/mol. The first-order valence-corrected chi connectivity index (χ1v) is 5.80. The fourth-order valence-electron chi connectivity index (χ4n) is 2.51. The minimum absolute atomic E-state index is 0.108. The summed E-state index contributed by atoms with van der Waals surface area (Å²) in [7, 11) is 3.74. The lowest BCUT2D eigenvalue weighted by atomic mass is 10.0. The van der Waals surface area contributed by atoms with Gasteiger partial charge in [0.15, 0.2) is 0 Å². The third-order valence-electron chi connectivity index (χ3n) is 3.34. The molecule has 90 valence electrons. The summed E-state index contributed by atoms with van der Waals surface area (Å²) in [6.07, 6.45) is 3.53. The summed E-state index contributed by atoms with van der Waals surface area (Å²) >= 11 is 0. The van der Waals surface area contributed by atoms with E-state index in [1.807, 2.05) is 19.0 Å². The summed E-state index contributed by atoms with van der Waals surface area (Å²) in [5.41, 5.74) is 0. The number of nitrogens with one attached hydrogen (secondary N) is 1. The van der Waals surface area contributed by atoms with Crippen LogP contribution in [0.4, 0.5) is 8.78 Å². The van der Waals surface area contributed by atoms with Gasteiger partial charge in [0.2, 0.25) is 0 Å². The van der Waals surface area contributed by atoms with Crippen LogP contribution in [-0.2, 0) is 0 Å². The van der Waals surface area contributed by atoms with Crippen molar-refractivity contribution in [3.63, 3.8) is 0 Å². The second-order valence-electron chi connectivity index (χ2n) is 4.43. The molecule has 0 aromatic heterocycles. The summed E-state index contributed by atoms with van der Waals surface area (Å²) in [4.78, 5) is 1.82. The van der Waals surface area contributed by atoms with Crippen molar-refractivity contribution in [2.24, 2.45) is 0 Å². The van der Waals surface area contributed by atoms with E-state index in [1.54, 1.807) is 0 Å². The number of hydrogen-bond donors (Lipinski definition) is 1. The molecule has 1 fully saturated rings. The van der Waals surface area contributed by atoms with Crippen molar-refractivity contribution < 1.29 is 8.78 Å². The summed E-state index contributed by atoms with van der Waals surface area (Å²) in [6, 6.07) is 0.641. The van der Waals surface area contributed by atoms with Crippen LogP contribution >= 0.6 is 0 Å². The van der Waals surface area contributed by atoms with E-state index in [0.29, 0.717) is 6.04 Å². The minimum atomic E-state index is -2.23. The zero-order chi connectivity index (χ0) is 11.3. The van der Waals surface area contributed by atoms with Crippen LogP contribution in [0.15, 0.2) is 0 Å². The zero-order valence-electron chi connectivity index (χ0n) is 9.68. The predicted octanol–water partition coefficient (Wildman–Crippen LogP) is 2.10. The van der Waals surface area contributed by atoms with Gasteiger partial charge in [-0.15, -0.1) is 0 Å². The third kappa shape index (κ3) is 4.03. The highest BCUT2D eigenvalue weighted by Crippen LogP contribution is 2.22. The van der Waals surface area contributed by atoms with Gasteiger partial charge < -0.3 is 5.32 Å². The number of likely N-dealkylation sites (N-methyl/N-ethyl adjacent to an activating group) is 2. The quantitative estimate of drug-likeness (QED) is 0.730. The molecule has 0 aromatic rings. The van der Waals surface area contributed by atoms with E-state index in [9.17, 15) is 8.78 Å². The summed E-state index contributed by atoms with van der Waals surface area (Å²) in [6.45, 7) is -0.108. The minimum Gasteiger partial charge on any atom is -0.315 e. The fraction of sp³-hybridized carbons (Fsp3) is 1.00. The maximum atomic E-state index is 12.3. The molecule has 0 saturated heterocycles. The number of rotatable bonds is 4. The Balaban J connectivity index is 2.53. The van der Waals surface area contributed by atoms with Crippen molar-refractivity contribution in [2.75, 3.05) is 20.6 Å². The maximum absolute atomic E-state index is 12.3. The van der Waals surface area contributed by atoms with Gasteiger partial charge >= 0.3 is 0 Å². The van der Waals surface area contributed by atoms with Gasteiger partial charge in [0.25, 0.3) is 6.43 Å². The monoisotopic (exact) mass is 220 g/mol. The first-order chi connectivity index (χ1) is 7.15. The van der Waals surface area contributed by atoms with Gasteiger partial charge in [-0.3, -0.25) is 4.90 Å². The van der Waals surface area contributed by atoms with E-state index in [1.165, 1.54) is 12.8 Å². The van der Waals surface area contributed by atoms with Gasteiger partial charge in [-0.05, 0) is 26.9 Å². The zero-order valence-corrected chi connectivity index (χ0v) is 9.68. The average Bonchev–Trinajstić information content (AvgIpc) is 2.40. The first-order valence-electron chi connectivity index (χ1n) is 5.80. The van der Waals surface area contributed by atoms with Crippen molar-refractivity contribution in [3.05, 3.63) is 0 Å². The molecule has 2 nitrogen and oxygen atoms in total. The number of nitrogens with zero attached hydrogens (tertiary/aromatic N) is 1. The highest BCUT2D eigenvalue weighted by Gasteiger charge is 2.26. The van der Waals surface area contributed by atoms with Crippen molar-refractivity contribution >= 4 is 0 Å². The number of halogens is 2. The SMILES string of the molecule is CNC1CCCCCC1N(C)CC(F)F. The van der Waals surface area contributed by atoms with Gasteiger partial charge in [-0.2, -0.15) is 0 Å². The van der Waals surface area contributed by atoms with Crippen LogP contribution in [-0.4, -0.2) is 44.0 Å². The Morgan fingerprint density at radius 3 is 2.53 bits per heavy atom. The Kier molecular flexibility index (Phi) is 5.47. The molecule has 2 atom stereocenters. The molecule has 15 heavy (non-hydrogen) atoms. The van der Waals surface area contributed by atoms with E-state index in [4.69, 9.17) is 0 Å². The molecule has 1 rings (SSSR count). The standard InChI is InChI=1S/C11H22F2N2/c1-14-9-6-4-3-5-7-10(9)15(2)8-11(12)13/h9-11,14H,3-8H2,1-2H3. The van der Waals surface area contributed by atoms with Gasteiger partial charge in [-0.1, -0.05) is 19.3 Å². The Morgan fingerprint density at radius 2 is 1.93 bits per heavy atom. The lowest BCUT2D eigenvalue weighted by molar-refractivity contribution is 0.0689. The molecule has 0 bridgehead atoms. The van der Waals surface area contributed by atoms with Gasteiger partial charge in [0, 0.05) is 12.1 Å². The van der Waals surface area contributed by atoms with E-state index in [2.05, 4.69) is 5.32 Å². The Bertz CT molecular complexity index is 176. The Labute approximate surface area is 91.0 Å². The highest BCUT2D eigenvalue weighted by molar-refractivity contribution is 4.85. The molecule has 2 unspecified atom stereocenters. The third-order valence-corrected chi connectivity index (χ3v) is 3.34. The summed E-state index contributed by atoms with van der Waals surface area (Å²) in [5, 5.41) is 3.26. The van der Waals surface area contributed by atoms with Crippen LogP contribution in [0.5, 0.6) is 0 Å². The van der Waals surface area contributed by atoms with E-state index in [0.717, 1.165) is 19.3 Å². The molecule has 1 aliphatic rings. The van der Waals surface area contributed by atoms with Crippen LogP contribution in [0.1, 0.15) is 32.1 Å². The van der Waals surface area contributed by atoms with Crippen molar-refractivity contribution in [1.82, 2.24) is 10.2 Å². The molecule has 0 aromatic carbocycles. The molecular weight excluding hydrogens is 198 g/mol. The lowest BCUT2D eigenvalue weighted by Crippen LogP contribution is -2.48. The molecule has 0 spiro atoms. The van der Waals surface area contributed by atoms with Crippen LogP contribution in [0.2, 0.25) is 0 Å². The Hall–Kier alpha value is -0.220. The summed E-state index contributed by atoms with van der Waals surface area (Å²) in [5.74, 6) is 0. The Morgan fingerprint density at radius 1 is 1.27 bits per heavy atom. The number of hydrogen-bond acceptors (Lipinski definition) is 2. The predicted molar refractivity (Wildman–Crippen MR) is 58.4 cm³/mol. The second kappa shape index (κ2) is 6.38. The maximum Gasteiger partial charge on any atom is 0.251 e. The van der Waals surface area contributed by atoms with E-state index < -0.39 is 6.43 Å². The smallest absolute Gasteiger partial charge is 0.251 e. The van der Waals surface area contributed by atoms with Crippen molar-refractivity contribution in [1.29, 1.82) is 0 Å². The molecule has 1 N–H and O–H groups in total. The molecule has 0 amide bonds. The first kappa shape index (κ1) is 12.8. The molecule has 4 heteroatoms. The van der Waals surface area contributed by atoms with Crippen molar-refractivity contribution in [2.45, 2.75) is 50.6 Å². The van der Waals surface area contributed by atoms with E-state index >= 15 is 0 Å². The lowest BCUT2D eigenvalue weighted by Gasteiger charge is -2.33. The van der Waals surface area contributed by atoms with Crippen LogP contribution < -0.4 is 5.32 Å². The van der Waals surface area contributed by atoms with Crippen LogP contribution in [0.3, 0.4) is 0 Å². The van der Waals surface area contributed by atoms with Crippen LogP contribution in [0.25, 0.3) is 0 Å². The molecular formula is C11H22F2N2. The fourth-order valence-corrected chi connectivity index (χ4v) is 2.51. The van der Waals surface area contributed by atoms with Crippen molar-refractivity contribution in [3.8, 4) is 0 Å². The van der Waals surface area contributed by atoms with E-state index in [-0.39, 0.29) is 12.6 Å². The molecule has 0 radical (unpaired) electrons. The van der Waals surface area contributed by atoms with Crippen LogP contribution in [0, 0.1) is 0 Å². The number of alkyl halides is 2. The largest absolute Gasteiger partial charge is 0.315 e. The molecule has 1 saturated carbocycles. The topological polar surface area (TPSA) is 15.3 Å². The normalized spacial score (nSPS) is 28.4. The summed E-state index contributed by atoms with van der Waals surface area (Å²) < 4.78 is 24.6. The van der Waals surface area contributed by atoms with Gasteiger partial charge in [-0.25, -0.2) is 8.78 Å². The van der Waals surface area contributed by atoms with Gasteiger partial charge in [0.1, 0.15) is 0 Å². The highest BCUT2D eigenvalue weighted by atomic mass is 19.3. The molecule has 1 aliphatic carbocycles. The molecule has 0 aliphatic heterocycles. The molecule has 0 heterocycles. The van der Waals surface area contributed by atoms with Gasteiger partial charge in [0.05, 0.1) is 6.54 Å². The second-order valence-corrected chi connectivity index (χ2v) is 4.43.